The van der Waals surface area contributed by atoms with Crippen LogP contribution in [0.15, 0.2) is 53.4 Å². The first kappa shape index (κ1) is 18.7. The summed E-state index contributed by atoms with van der Waals surface area (Å²) in [6.07, 6.45) is -1.29. The Morgan fingerprint density at radius 2 is 1.90 bits per heavy atom. The third-order valence-corrected chi connectivity index (χ3v) is 5.20. The van der Waals surface area contributed by atoms with Crippen molar-refractivity contribution in [3.63, 3.8) is 0 Å². The second-order valence-electron chi connectivity index (χ2n) is 6.77. The minimum absolute atomic E-state index is 0.120. The molecule has 0 amide bonds. The minimum atomic E-state index is -4.56. The van der Waals surface area contributed by atoms with Crippen molar-refractivity contribution in [2.75, 3.05) is 0 Å². The number of rotatable bonds is 2. The van der Waals surface area contributed by atoms with Gasteiger partial charge in [-0.15, -0.1) is 0 Å². The van der Waals surface area contributed by atoms with E-state index >= 15 is 0 Å². The predicted molar refractivity (Wildman–Crippen MR) is 109 cm³/mol. The van der Waals surface area contributed by atoms with Gasteiger partial charge in [-0.1, -0.05) is 0 Å². The van der Waals surface area contributed by atoms with Gasteiger partial charge in [-0.05, 0) is 64.8 Å². The number of alkyl halides is 3. The van der Waals surface area contributed by atoms with E-state index in [1.54, 1.807) is 29.1 Å². The number of benzene rings is 1. The zero-order valence-corrected chi connectivity index (χ0v) is 17.0. The van der Waals surface area contributed by atoms with E-state index in [-0.39, 0.29) is 5.65 Å². The van der Waals surface area contributed by atoms with Crippen LogP contribution in [0.2, 0.25) is 0 Å². The Kier molecular flexibility index (Phi) is 4.14. The molecule has 0 radical (unpaired) electrons. The maximum atomic E-state index is 13.3. The van der Waals surface area contributed by atoms with Gasteiger partial charge in [0.1, 0.15) is 21.6 Å². The van der Waals surface area contributed by atoms with Crippen molar-refractivity contribution in [1.82, 2.24) is 29.7 Å². The number of hydrogen-bond donors (Lipinski definition) is 1. The van der Waals surface area contributed by atoms with Gasteiger partial charge in [0, 0.05) is 17.1 Å². The molecule has 1 N–H and O–H groups in total. The normalized spacial score (nSPS) is 12.2. The molecule has 4 aromatic heterocycles. The number of imidazole rings is 1. The number of aryl methyl sites for hydroxylation is 1. The van der Waals surface area contributed by atoms with Crippen LogP contribution < -0.4 is 0 Å². The number of aromatic nitrogens is 6. The topological polar surface area (TPSA) is 72.3 Å². The first-order chi connectivity index (χ1) is 14.3. The largest absolute Gasteiger partial charge is 0.433 e. The van der Waals surface area contributed by atoms with Crippen molar-refractivity contribution < 1.29 is 13.2 Å². The highest BCUT2D eigenvalue weighted by atomic mass is 79.9. The van der Waals surface area contributed by atoms with Crippen molar-refractivity contribution in [2.24, 2.45) is 0 Å². The Labute approximate surface area is 175 Å². The van der Waals surface area contributed by atoms with Crippen LogP contribution in [0, 0.1) is 6.92 Å². The fourth-order valence-electron chi connectivity index (χ4n) is 3.44. The third-order valence-electron chi connectivity index (χ3n) is 4.77. The Morgan fingerprint density at radius 3 is 2.67 bits per heavy atom. The smallest absolute Gasteiger partial charge is 0.278 e. The van der Waals surface area contributed by atoms with E-state index < -0.39 is 11.9 Å². The van der Waals surface area contributed by atoms with Crippen molar-refractivity contribution >= 4 is 38.0 Å². The minimum Gasteiger partial charge on any atom is -0.278 e. The zero-order valence-electron chi connectivity index (χ0n) is 15.4. The van der Waals surface area contributed by atoms with Crippen LogP contribution in [-0.2, 0) is 6.18 Å². The molecule has 6 nitrogen and oxygen atoms in total. The number of pyridine rings is 2. The second-order valence-corrected chi connectivity index (χ2v) is 7.58. The maximum Gasteiger partial charge on any atom is 0.433 e. The summed E-state index contributed by atoms with van der Waals surface area (Å²) < 4.78 is 42.3. The molecule has 0 atom stereocenters. The predicted octanol–water partition coefficient (Wildman–Crippen LogP) is 5.45. The van der Waals surface area contributed by atoms with Gasteiger partial charge in [0.15, 0.2) is 5.65 Å². The number of aromatic amines is 1. The van der Waals surface area contributed by atoms with Crippen molar-refractivity contribution in [2.45, 2.75) is 13.1 Å². The second kappa shape index (κ2) is 6.63. The SMILES string of the molecule is Cc1cc(-n2c(-c3ccnc(Br)c3)nc3ccc(C(F)(F)F)nc32)cc2cn[nH]c12. The van der Waals surface area contributed by atoms with E-state index in [2.05, 4.69) is 41.1 Å². The molecule has 0 fully saturated rings. The summed E-state index contributed by atoms with van der Waals surface area (Å²) in [6.45, 7) is 1.90. The average Bonchev–Trinajstić information content (AvgIpc) is 3.31. The van der Waals surface area contributed by atoms with E-state index in [0.717, 1.165) is 22.5 Å². The molecule has 0 aliphatic rings. The molecule has 0 unspecified atom stereocenters. The monoisotopic (exact) mass is 472 g/mol. The third kappa shape index (κ3) is 3.04. The summed E-state index contributed by atoms with van der Waals surface area (Å²) in [5.41, 5.74) is 2.59. The number of hydrogen-bond acceptors (Lipinski definition) is 4. The molecule has 0 saturated carbocycles. The molecule has 5 rings (SSSR count). The molecular weight excluding hydrogens is 461 g/mol. The molecule has 5 aromatic rings. The van der Waals surface area contributed by atoms with E-state index in [1.807, 2.05) is 19.1 Å². The van der Waals surface area contributed by atoms with Crippen molar-refractivity contribution in [3.8, 4) is 17.1 Å². The first-order valence-corrected chi connectivity index (χ1v) is 9.63. The van der Waals surface area contributed by atoms with Gasteiger partial charge >= 0.3 is 6.18 Å². The van der Waals surface area contributed by atoms with Crippen molar-refractivity contribution in [1.29, 1.82) is 0 Å². The molecule has 0 aliphatic carbocycles. The fraction of sp³-hybridized carbons (Fsp3) is 0.100. The van der Waals surface area contributed by atoms with E-state index in [1.165, 1.54) is 6.07 Å². The van der Waals surface area contributed by atoms with Gasteiger partial charge in [0.05, 0.1) is 17.4 Å². The Morgan fingerprint density at radius 1 is 1.07 bits per heavy atom. The summed E-state index contributed by atoms with van der Waals surface area (Å²) in [7, 11) is 0. The van der Waals surface area contributed by atoms with Crippen LogP contribution in [-0.4, -0.2) is 29.7 Å². The summed E-state index contributed by atoms with van der Waals surface area (Å²) in [4.78, 5) is 12.6. The molecular formula is C20H12BrF3N6. The molecule has 150 valence electrons. The molecule has 10 heteroatoms. The van der Waals surface area contributed by atoms with Crippen molar-refractivity contribution in [3.05, 3.63) is 64.7 Å². The average molecular weight is 473 g/mol. The van der Waals surface area contributed by atoms with Crippen LogP contribution in [0.25, 0.3) is 39.1 Å². The zero-order chi connectivity index (χ0) is 21.0. The van der Waals surface area contributed by atoms with Crippen LogP contribution in [0.4, 0.5) is 13.2 Å². The Hall–Kier alpha value is -3.27. The van der Waals surface area contributed by atoms with Gasteiger partial charge in [0.25, 0.3) is 0 Å². The van der Waals surface area contributed by atoms with Gasteiger partial charge < -0.3 is 0 Å². The molecule has 4 heterocycles. The Bertz CT molecular complexity index is 1420. The van der Waals surface area contributed by atoms with Gasteiger partial charge in [-0.2, -0.15) is 18.3 Å². The molecule has 0 aliphatic heterocycles. The standard InChI is InChI=1S/C20H12BrF3N6/c1-10-6-13(7-12-9-26-29-17(10)12)30-18(11-4-5-25-16(21)8-11)27-14-2-3-15(20(22,23)24)28-19(14)30/h2-9H,1H3,(H,26,29). The number of H-pyrrole nitrogens is 1. The summed E-state index contributed by atoms with van der Waals surface area (Å²) in [6, 6.07) is 9.49. The van der Waals surface area contributed by atoms with E-state index in [0.29, 0.717) is 27.2 Å². The molecule has 0 spiro atoms. The number of nitrogens with one attached hydrogen (secondary N) is 1. The van der Waals surface area contributed by atoms with Crippen LogP contribution in [0.1, 0.15) is 11.3 Å². The van der Waals surface area contributed by atoms with Gasteiger partial charge in [0.2, 0.25) is 0 Å². The highest BCUT2D eigenvalue weighted by Crippen LogP contribution is 2.34. The summed E-state index contributed by atoms with van der Waals surface area (Å²) in [5, 5.41) is 7.82. The molecule has 0 saturated heterocycles. The lowest BCUT2D eigenvalue weighted by atomic mass is 10.1. The summed E-state index contributed by atoms with van der Waals surface area (Å²) >= 11 is 3.34. The number of halogens is 4. The Balaban J connectivity index is 1.87. The molecule has 1 aromatic carbocycles. The quantitative estimate of drug-likeness (QED) is 0.346. The van der Waals surface area contributed by atoms with Gasteiger partial charge in [-0.3, -0.25) is 9.67 Å². The van der Waals surface area contributed by atoms with E-state index in [9.17, 15) is 13.2 Å². The highest BCUT2D eigenvalue weighted by Gasteiger charge is 2.33. The lowest BCUT2D eigenvalue weighted by Gasteiger charge is -2.12. The number of nitrogens with zero attached hydrogens (tertiary/aromatic N) is 5. The highest BCUT2D eigenvalue weighted by molar-refractivity contribution is 9.10. The summed E-state index contributed by atoms with van der Waals surface area (Å²) in [5.74, 6) is 0.460. The molecule has 0 bridgehead atoms. The molecule has 30 heavy (non-hydrogen) atoms. The fourth-order valence-corrected chi connectivity index (χ4v) is 3.80. The maximum absolute atomic E-state index is 13.3. The van der Waals surface area contributed by atoms with Crippen LogP contribution in [0.3, 0.4) is 0 Å². The van der Waals surface area contributed by atoms with Crippen LogP contribution in [0.5, 0.6) is 0 Å². The van der Waals surface area contributed by atoms with Crippen LogP contribution >= 0.6 is 15.9 Å². The lowest BCUT2D eigenvalue weighted by Crippen LogP contribution is -2.09. The van der Waals surface area contributed by atoms with Gasteiger partial charge in [-0.25, -0.2) is 15.0 Å². The first-order valence-electron chi connectivity index (χ1n) is 8.84. The lowest BCUT2D eigenvalue weighted by molar-refractivity contribution is -0.141. The number of fused-ring (bicyclic) bond motifs is 2. The van der Waals surface area contributed by atoms with E-state index in [4.69, 9.17) is 0 Å².